The summed E-state index contributed by atoms with van der Waals surface area (Å²) in [5.41, 5.74) is 0. The Hall–Kier alpha value is -0.610. The Bertz CT molecular complexity index is 481. The number of carbonyl (C=O) groups is 1. The third-order valence-corrected chi connectivity index (χ3v) is 8.18. The van der Waals surface area contributed by atoms with Crippen LogP contribution in [-0.4, -0.2) is 37.0 Å². The highest BCUT2D eigenvalue weighted by atomic mass is 16.6. The van der Waals surface area contributed by atoms with E-state index in [4.69, 9.17) is 9.47 Å². The van der Waals surface area contributed by atoms with Crippen LogP contribution in [0.2, 0.25) is 0 Å². The Morgan fingerprint density at radius 1 is 0.500 bits per heavy atom. The van der Waals surface area contributed by atoms with E-state index in [-0.39, 0.29) is 12.6 Å². The van der Waals surface area contributed by atoms with E-state index in [0.29, 0.717) is 19.6 Å². The van der Waals surface area contributed by atoms with Gasteiger partial charge in [0, 0.05) is 13.0 Å². The summed E-state index contributed by atoms with van der Waals surface area (Å²) in [4.78, 5) is 12.1. The molecule has 240 valence electrons. The summed E-state index contributed by atoms with van der Waals surface area (Å²) in [7, 11) is 0. The lowest BCUT2D eigenvalue weighted by Gasteiger charge is -2.16. The number of esters is 1. The molecule has 1 atom stereocenters. The number of ether oxygens (including phenoxy) is 2. The molecule has 0 aromatic heterocycles. The molecule has 1 N–H and O–H groups in total. The molecule has 0 heterocycles. The van der Waals surface area contributed by atoms with Gasteiger partial charge in [0.05, 0.1) is 13.2 Å². The minimum Gasteiger partial charge on any atom is -0.457 e. The van der Waals surface area contributed by atoms with E-state index in [1.807, 2.05) is 0 Å². The van der Waals surface area contributed by atoms with Gasteiger partial charge >= 0.3 is 5.97 Å². The summed E-state index contributed by atoms with van der Waals surface area (Å²) in [6.45, 7) is 5.37. The first kappa shape index (κ1) is 39.4. The third kappa shape index (κ3) is 31.9. The molecule has 0 saturated heterocycles. The number of aliphatic hydroxyl groups excluding tert-OH is 1. The zero-order chi connectivity index (χ0) is 29.2. The quantitative estimate of drug-likeness (QED) is 0.0619. The molecule has 0 amide bonds. The average Bonchev–Trinajstić information content (AvgIpc) is 2.96. The Kier molecular flexibility index (Phi) is 34.1. The maximum atomic E-state index is 12.1. The summed E-state index contributed by atoms with van der Waals surface area (Å²) in [6, 6.07) is 0. The van der Waals surface area contributed by atoms with Crippen molar-refractivity contribution in [1.29, 1.82) is 0 Å². The van der Waals surface area contributed by atoms with Crippen molar-refractivity contribution in [1.82, 2.24) is 0 Å². The zero-order valence-electron chi connectivity index (χ0n) is 27.4. The molecular weight excluding hydrogens is 496 g/mol. The highest BCUT2D eigenvalue weighted by molar-refractivity contribution is 5.69. The van der Waals surface area contributed by atoms with Crippen LogP contribution >= 0.6 is 0 Å². The van der Waals surface area contributed by atoms with Crippen molar-refractivity contribution in [2.75, 3.05) is 19.8 Å². The monoisotopic (exact) mass is 569 g/mol. The predicted molar refractivity (Wildman–Crippen MR) is 173 cm³/mol. The number of unbranched alkanes of at least 4 members (excludes halogenated alkanes) is 26. The van der Waals surface area contributed by atoms with Gasteiger partial charge in [0.2, 0.25) is 0 Å². The second-order valence-electron chi connectivity index (χ2n) is 12.3. The first-order valence-electron chi connectivity index (χ1n) is 18.1. The van der Waals surface area contributed by atoms with Crippen molar-refractivity contribution >= 4 is 5.97 Å². The van der Waals surface area contributed by atoms with Gasteiger partial charge < -0.3 is 14.6 Å². The van der Waals surface area contributed by atoms with Crippen molar-refractivity contribution < 1.29 is 19.4 Å². The molecule has 0 radical (unpaired) electrons. The smallest absolute Gasteiger partial charge is 0.306 e. The molecule has 4 nitrogen and oxygen atoms in total. The Morgan fingerprint density at radius 2 is 0.825 bits per heavy atom. The van der Waals surface area contributed by atoms with Crippen LogP contribution in [-0.2, 0) is 14.3 Å². The zero-order valence-corrected chi connectivity index (χ0v) is 27.4. The standard InChI is InChI=1S/C36H72O4/c1-3-5-7-9-11-13-15-16-17-18-19-20-21-22-24-26-28-30-32-39-34-35(33-37)40-36(38)31-29-27-25-23-14-12-10-8-6-4-2/h35,37H,3-34H2,1-2H3. The summed E-state index contributed by atoms with van der Waals surface area (Å²) in [5.74, 6) is -0.199. The fourth-order valence-electron chi connectivity index (χ4n) is 5.45. The average molecular weight is 569 g/mol. The molecule has 0 aromatic carbocycles. The Balaban J connectivity index is 3.35. The van der Waals surface area contributed by atoms with Crippen molar-refractivity contribution in [2.24, 2.45) is 0 Å². The molecule has 0 aliphatic carbocycles. The highest BCUT2D eigenvalue weighted by Crippen LogP contribution is 2.15. The van der Waals surface area contributed by atoms with Crippen LogP contribution < -0.4 is 0 Å². The van der Waals surface area contributed by atoms with E-state index < -0.39 is 6.10 Å². The van der Waals surface area contributed by atoms with Crippen molar-refractivity contribution in [3.8, 4) is 0 Å². The SMILES string of the molecule is CCCCCCCCCCCCCCCCCCCCOCC(CO)OC(=O)CCCCCCCCCCCC. The maximum Gasteiger partial charge on any atom is 0.306 e. The van der Waals surface area contributed by atoms with Crippen molar-refractivity contribution in [3.63, 3.8) is 0 Å². The van der Waals surface area contributed by atoms with Crippen LogP contribution in [0.4, 0.5) is 0 Å². The lowest BCUT2D eigenvalue weighted by atomic mass is 10.0. The lowest BCUT2D eigenvalue weighted by Crippen LogP contribution is -2.27. The first-order valence-corrected chi connectivity index (χ1v) is 18.1. The molecule has 40 heavy (non-hydrogen) atoms. The third-order valence-electron chi connectivity index (χ3n) is 8.18. The molecule has 0 aliphatic heterocycles. The van der Waals surface area contributed by atoms with E-state index >= 15 is 0 Å². The van der Waals surface area contributed by atoms with Crippen LogP contribution in [0.3, 0.4) is 0 Å². The Morgan fingerprint density at radius 3 is 1.18 bits per heavy atom. The van der Waals surface area contributed by atoms with Gasteiger partial charge in [-0.3, -0.25) is 4.79 Å². The minimum absolute atomic E-state index is 0.164. The van der Waals surface area contributed by atoms with Crippen LogP contribution in [0.25, 0.3) is 0 Å². The molecule has 4 heteroatoms. The van der Waals surface area contributed by atoms with Gasteiger partial charge in [-0.1, -0.05) is 181 Å². The summed E-state index contributed by atoms with van der Waals surface area (Å²) in [5, 5.41) is 9.52. The van der Waals surface area contributed by atoms with Crippen LogP contribution in [0.15, 0.2) is 0 Å². The van der Waals surface area contributed by atoms with Gasteiger partial charge in [-0.25, -0.2) is 0 Å². The van der Waals surface area contributed by atoms with E-state index in [9.17, 15) is 9.90 Å². The van der Waals surface area contributed by atoms with Gasteiger partial charge in [-0.2, -0.15) is 0 Å². The highest BCUT2D eigenvalue weighted by Gasteiger charge is 2.13. The molecule has 0 aliphatic rings. The molecule has 0 bridgehead atoms. The van der Waals surface area contributed by atoms with Crippen LogP contribution in [0, 0.1) is 0 Å². The van der Waals surface area contributed by atoms with Gasteiger partial charge in [0.25, 0.3) is 0 Å². The molecule has 0 rings (SSSR count). The largest absolute Gasteiger partial charge is 0.457 e. The Labute approximate surface area is 251 Å². The molecule has 0 saturated carbocycles. The van der Waals surface area contributed by atoms with E-state index in [1.165, 1.54) is 161 Å². The number of aliphatic hydroxyl groups is 1. The van der Waals surface area contributed by atoms with Gasteiger partial charge in [-0.05, 0) is 12.8 Å². The fraction of sp³-hybridized carbons (Fsp3) is 0.972. The molecule has 0 spiro atoms. The topological polar surface area (TPSA) is 55.8 Å². The molecule has 1 unspecified atom stereocenters. The maximum absolute atomic E-state index is 12.1. The lowest BCUT2D eigenvalue weighted by molar-refractivity contribution is -0.154. The predicted octanol–water partition coefficient (Wildman–Crippen LogP) is 11.3. The van der Waals surface area contributed by atoms with E-state index in [2.05, 4.69) is 13.8 Å². The van der Waals surface area contributed by atoms with Gasteiger partial charge in [0.15, 0.2) is 0 Å². The molecular formula is C36H72O4. The van der Waals surface area contributed by atoms with Crippen LogP contribution in [0.5, 0.6) is 0 Å². The van der Waals surface area contributed by atoms with Crippen molar-refractivity contribution in [2.45, 2.75) is 206 Å². The summed E-state index contributed by atoms with van der Waals surface area (Å²) >= 11 is 0. The molecule has 0 fully saturated rings. The number of carbonyl (C=O) groups excluding carboxylic acids is 1. The van der Waals surface area contributed by atoms with Gasteiger partial charge in [0.1, 0.15) is 6.10 Å². The van der Waals surface area contributed by atoms with Crippen molar-refractivity contribution in [3.05, 3.63) is 0 Å². The number of rotatable bonds is 34. The number of hydrogen-bond acceptors (Lipinski definition) is 4. The van der Waals surface area contributed by atoms with E-state index in [1.54, 1.807) is 0 Å². The molecule has 0 aromatic rings. The normalized spacial score (nSPS) is 12.2. The second kappa shape index (κ2) is 34.6. The fourth-order valence-corrected chi connectivity index (χ4v) is 5.45. The summed E-state index contributed by atoms with van der Waals surface area (Å²) < 4.78 is 11.1. The minimum atomic E-state index is -0.522. The second-order valence-corrected chi connectivity index (χ2v) is 12.3. The summed E-state index contributed by atoms with van der Waals surface area (Å²) in [6.07, 6.45) is 37.1. The van der Waals surface area contributed by atoms with E-state index in [0.717, 1.165) is 19.3 Å². The number of hydrogen-bond donors (Lipinski definition) is 1. The van der Waals surface area contributed by atoms with Gasteiger partial charge in [-0.15, -0.1) is 0 Å². The first-order chi connectivity index (χ1) is 19.7. The van der Waals surface area contributed by atoms with Crippen LogP contribution in [0.1, 0.15) is 200 Å².